The van der Waals surface area contributed by atoms with Crippen LogP contribution in [0, 0.1) is 11.3 Å². The molecule has 0 aromatic heterocycles. The Hall–Kier alpha value is -2.48. The molecule has 2 N–H and O–H groups in total. The zero-order chi connectivity index (χ0) is 18.4. The molecule has 25 heavy (non-hydrogen) atoms. The molecule has 0 aliphatic heterocycles. The average Bonchev–Trinajstić information content (AvgIpc) is 2.57. The fraction of sp³-hybridized carbons (Fsp3) is 0.158. The largest absolute Gasteiger partial charge is 0.359 e. The normalized spacial score (nSPS) is 11.1. The summed E-state index contributed by atoms with van der Waals surface area (Å²) >= 11 is 11.9. The lowest BCUT2D eigenvalue weighted by molar-refractivity contribution is -0.112. The predicted octanol–water partition coefficient (Wildman–Crippen LogP) is 5.57. The molecule has 1 amide bonds. The Morgan fingerprint density at radius 3 is 2.40 bits per heavy atom. The minimum absolute atomic E-state index is 0.0704. The zero-order valence-corrected chi connectivity index (χ0v) is 15.3. The van der Waals surface area contributed by atoms with E-state index in [0.29, 0.717) is 27.3 Å². The second kappa shape index (κ2) is 8.57. The number of nitrogens with zero attached hydrogens (tertiary/aromatic N) is 1. The van der Waals surface area contributed by atoms with E-state index in [0.717, 1.165) is 0 Å². The van der Waals surface area contributed by atoms with Gasteiger partial charge >= 0.3 is 0 Å². The molecule has 0 spiro atoms. The Balaban J connectivity index is 2.08. The van der Waals surface area contributed by atoms with E-state index in [1.807, 2.05) is 30.3 Å². The fourth-order valence-corrected chi connectivity index (χ4v) is 2.52. The lowest BCUT2D eigenvalue weighted by Crippen LogP contribution is -2.14. The number of halogens is 2. The molecule has 0 aliphatic rings. The van der Waals surface area contributed by atoms with Crippen molar-refractivity contribution in [1.29, 1.82) is 5.26 Å². The molecule has 0 saturated carbocycles. The number of rotatable bonds is 5. The number of hydrogen-bond acceptors (Lipinski definition) is 3. The second-order valence-electron chi connectivity index (χ2n) is 5.67. The van der Waals surface area contributed by atoms with Crippen LogP contribution in [0.2, 0.25) is 10.0 Å². The molecule has 0 unspecified atom stereocenters. The molecule has 0 bridgehead atoms. The molecule has 0 heterocycles. The first-order valence-electron chi connectivity index (χ1n) is 7.64. The van der Waals surface area contributed by atoms with Crippen molar-refractivity contribution in [3.05, 3.63) is 69.8 Å². The summed E-state index contributed by atoms with van der Waals surface area (Å²) in [6.45, 7) is 4.19. The number of amides is 1. The first kappa shape index (κ1) is 18.9. The van der Waals surface area contributed by atoms with E-state index >= 15 is 0 Å². The smallest absolute Gasteiger partial charge is 0.267 e. The van der Waals surface area contributed by atoms with E-state index in [-0.39, 0.29) is 5.57 Å². The molecule has 2 aromatic rings. The summed E-state index contributed by atoms with van der Waals surface area (Å²) in [6.07, 6.45) is 1.31. The SMILES string of the molecule is CC(C)c1ccc(NC(=O)/C(C#N)=C\Nc2ccc(Cl)cc2Cl)cc1. The number of nitrogens with one attached hydrogen (secondary N) is 2. The lowest BCUT2D eigenvalue weighted by atomic mass is 10.0. The van der Waals surface area contributed by atoms with Gasteiger partial charge in [-0.25, -0.2) is 0 Å². The molecule has 0 radical (unpaired) electrons. The number of hydrogen-bond donors (Lipinski definition) is 2. The van der Waals surface area contributed by atoms with Gasteiger partial charge in [0.1, 0.15) is 11.6 Å². The van der Waals surface area contributed by atoms with Gasteiger partial charge in [-0.05, 0) is 41.8 Å². The van der Waals surface area contributed by atoms with Crippen LogP contribution in [0.4, 0.5) is 11.4 Å². The molecule has 2 rings (SSSR count). The molecule has 0 aliphatic carbocycles. The number of benzene rings is 2. The summed E-state index contributed by atoms with van der Waals surface area (Å²) in [6, 6.07) is 14.3. The third-order valence-electron chi connectivity index (χ3n) is 3.50. The van der Waals surface area contributed by atoms with Crippen molar-refractivity contribution in [3.8, 4) is 6.07 Å². The Labute approximate surface area is 157 Å². The molecule has 6 heteroatoms. The topological polar surface area (TPSA) is 64.9 Å². The summed E-state index contributed by atoms with van der Waals surface area (Å²) in [5, 5.41) is 15.6. The monoisotopic (exact) mass is 373 g/mol. The van der Waals surface area contributed by atoms with Crippen LogP contribution in [-0.2, 0) is 4.79 Å². The van der Waals surface area contributed by atoms with Crippen molar-refractivity contribution in [2.24, 2.45) is 0 Å². The maximum absolute atomic E-state index is 12.2. The van der Waals surface area contributed by atoms with E-state index in [4.69, 9.17) is 23.2 Å². The highest BCUT2D eigenvalue weighted by atomic mass is 35.5. The molecule has 0 saturated heterocycles. The highest BCUT2D eigenvalue weighted by Crippen LogP contribution is 2.25. The van der Waals surface area contributed by atoms with Crippen molar-refractivity contribution in [1.82, 2.24) is 0 Å². The summed E-state index contributed by atoms with van der Waals surface area (Å²) in [5.41, 5.74) is 2.28. The Kier molecular flexibility index (Phi) is 6.46. The van der Waals surface area contributed by atoms with Crippen LogP contribution in [0.15, 0.2) is 54.2 Å². The number of carbonyl (C=O) groups excluding carboxylic acids is 1. The quantitative estimate of drug-likeness (QED) is 0.531. The third-order valence-corrected chi connectivity index (χ3v) is 4.05. The van der Waals surface area contributed by atoms with Crippen LogP contribution in [0.5, 0.6) is 0 Å². The van der Waals surface area contributed by atoms with Gasteiger partial charge in [0.15, 0.2) is 0 Å². The van der Waals surface area contributed by atoms with Crippen molar-refractivity contribution < 1.29 is 4.79 Å². The van der Waals surface area contributed by atoms with Gasteiger partial charge in [0.25, 0.3) is 5.91 Å². The lowest BCUT2D eigenvalue weighted by Gasteiger charge is -2.08. The predicted molar refractivity (Wildman–Crippen MR) is 103 cm³/mol. The molecule has 128 valence electrons. The van der Waals surface area contributed by atoms with E-state index in [9.17, 15) is 10.1 Å². The van der Waals surface area contributed by atoms with Crippen molar-refractivity contribution in [2.75, 3.05) is 10.6 Å². The Bertz CT molecular complexity index is 837. The minimum atomic E-state index is -0.502. The van der Waals surface area contributed by atoms with Crippen molar-refractivity contribution >= 4 is 40.5 Å². The Morgan fingerprint density at radius 1 is 1.16 bits per heavy atom. The highest BCUT2D eigenvalue weighted by Gasteiger charge is 2.10. The summed E-state index contributed by atoms with van der Waals surface area (Å²) in [7, 11) is 0. The van der Waals surface area contributed by atoms with Crippen LogP contribution >= 0.6 is 23.2 Å². The maximum atomic E-state index is 12.2. The summed E-state index contributed by atoms with van der Waals surface area (Å²) in [5.74, 6) is -0.0926. The number of anilines is 2. The summed E-state index contributed by atoms with van der Waals surface area (Å²) < 4.78 is 0. The summed E-state index contributed by atoms with van der Waals surface area (Å²) in [4.78, 5) is 12.2. The third kappa shape index (κ3) is 5.25. The minimum Gasteiger partial charge on any atom is -0.359 e. The first-order chi connectivity index (χ1) is 11.9. The van der Waals surface area contributed by atoms with Gasteiger partial charge in [-0.3, -0.25) is 4.79 Å². The van der Waals surface area contributed by atoms with Crippen LogP contribution in [0.1, 0.15) is 25.3 Å². The van der Waals surface area contributed by atoms with Gasteiger partial charge in [-0.15, -0.1) is 0 Å². The van der Waals surface area contributed by atoms with E-state index in [1.54, 1.807) is 18.2 Å². The van der Waals surface area contributed by atoms with Gasteiger partial charge in [-0.1, -0.05) is 49.2 Å². The van der Waals surface area contributed by atoms with Crippen LogP contribution < -0.4 is 10.6 Å². The molecule has 4 nitrogen and oxygen atoms in total. The van der Waals surface area contributed by atoms with Crippen LogP contribution in [-0.4, -0.2) is 5.91 Å². The van der Waals surface area contributed by atoms with Gasteiger partial charge in [0.05, 0.1) is 10.7 Å². The molecular weight excluding hydrogens is 357 g/mol. The van der Waals surface area contributed by atoms with Gasteiger partial charge in [-0.2, -0.15) is 5.26 Å². The van der Waals surface area contributed by atoms with E-state index < -0.39 is 5.91 Å². The van der Waals surface area contributed by atoms with E-state index in [2.05, 4.69) is 24.5 Å². The maximum Gasteiger partial charge on any atom is 0.267 e. The second-order valence-corrected chi connectivity index (χ2v) is 6.51. The van der Waals surface area contributed by atoms with Gasteiger partial charge < -0.3 is 10.6 Å². The van der Waals surface area contributed by atoms with Gasteiger partial charge in [0, 0.05) is 16.9 Å². The zero-order valence-electron chi connectivity index (χ0n) is 13.8. The standard InChI is InChI=1S/C19H17Cl2N3O/c1-12(2)13-3-6-16(7-4-13)24-19(25)14(10-22)11-23-18-8-5-15(20)9-17(18)21/h3-9,11-12,23H,1-2H3,(H,24,25)/b14-11-. The number of nitriles is 1. The first-order valence-corrected chi connectivity index (χ1v) is 8.39. The van der Waals surface area contributed by atoms with E-state index in [1.165, 1.54) is 11.8 Å². The molecule has 0 fully saturated rings. The Morgan fingerprint density at radius 2 is 1.84 bits per heavy atom. The fourth-order valence-electron chi connectivity index (χ4n) is 2.05. The van der Waals surface area contributed by atoms with Crippen LogP contribution in [0.25, 0.3) is 0 Å². The highest BCUT2D eigenvalue weighted by molar-refractivity contribution is 6.36. The number of carbonyl (C=O) groups is 1. The molecular formula is C19H17Cl2N3O. The average molecular weight is 374 g/mol. The molecule has 0 atom stereocenters. The van der Waals surface area contributed by atoms with Crippen molar-refractivity contribution in [2.45, 2.75) is 19.8 Å². The van der Waals surface area contributed by atoms with Gasteiger partial charge in [0.2, 0.25) is 0 Å². The van der Waals surface area contributed by atoms with Crippen LogP contribution in [0.3, 0.4) is 0 Å². The molecule has 2 aromatic carbocycles. The van der Waals surface area contributed by atoms with Crippen molar-refractivity contribution in [3.63, 3.8) is 0 Å².